The van der Waals surface area contributed by atoms with E-state index < -0.39 is 12.1 Å². The molecule has 0 spiro atoms. The first kappa shape index (κ1) is 24.8. The Kier molecular flexibility index (Phi) is 7.39. The van der Waals surface area contributed by atoms with E-state index in [4.69, 9.17) is 28.9 Å². The summed E-state index contributed by atoms with van der Waals surface area (Å²) in [7, 11) is 0. The average Bonchev–Trinajstić information content (AvgIpc) is 2.94. The molecule has 2 aromatic rings. The molecule has 11 heteroatoms. The lowest BCUT2D eigenvalue weighted by Crippen LogP contribution is -2.41. The van der Waals surface area contributed by atoms with Crippen LogP contribution in [0.3, 0.4) is 0 Å². The smallest absolute Gasteiger partial charge is 0.434 e. The number of benzene rings is 1. The maximum Gasteiger partial charge on any atom is 0.513 e. The molecule has 0 radical (unpaired) electrons. The standard InChI is InChI=1S/C26H30N6O5/c1-3-36-26(33)37-22-17(2)28-23-21(20(22)19-6-4-5-18(15-19)16-27)24(31-7-11-34-12-8-31)30-25(29-23)32-9-13-35-14-10-32/h4-6,15,20H,3,7-14H2,1-2H3,(H,28,29,30). The molecule has 1 unspecified atom stereocenters. The van der Waals surface area contributed by atoms with Gasteiger partial charge >= 0.3 is 6.16 Å². The minimum atomic E-state index is -0.790. The fourth-order valence-electron chi connectivity index (χ4n) is 4.79. The van der Waals surface area contributed by atoms with E-state index in [9.17, 15) is 10.1 Å². The van der Waals surface area contributed by atoms with Crippen LogP contribution in [0, 0.1) is 11.3 Å². The van der Waals surface area contributed by atoms with E-state index in [1.807, 2.05) is 19.1 Å². The molecular weight excluding hydrogens is 476 g/mol. The summed E-state index contributed by atoms with van der Waals surface area (Å²) in [6.45, 7) is 8.84. The van der Waals surface area contributed by atoms with E-state index in [0.29, 0.717) is 81.4 Å². The Morgan fingerprint density at radius 2 is 1.84 bits per heavy atom. The lowest BCUT2D eigenvalue weighted by Gasteiger charge is -2.37. The SMILES string of the molecule is CCOC(=O)OC1=C(C)Nc2nc(N3CCOCC3)nc(N3CCOCC3)c2C1c1cccc(C#N)c1. The van der Waals surface area contributed by atoms with Crippen molar-refractivity contribution >= 4 is 23.7 Å². The van der Waals surface area contributed by atoms with E-state index in [-0.39, 0.29) is 6.61 Å². The molecule has 1 atom stereocenters. The third-order valence-corrected chi connectivity index (χ3v) is 6.55. The van der Waals surface area contributed by atoms with E-state index in [1.54, 1.807) is 19.1 Å². The number of anilines is 3. The van der Waals surface area contributed by atoms with Gasteiger partial charge in [0.1, 0.15) is 17.4 Å². The minimum Gasteiger partial charge on any atom is -0.434 e. The Hall–Kier alpha value is -3.88. The first-order valence-corrected chi connectivity index (χ1v) is 12.5. The quantitative estimate of drug-likeness (QED) is 0.602. The van der Waals surface area contributed by atoms with Gasteiger partial charge in [0.2, 0.25) is 5.95 Å². The van der Waals surface area contributed by atoms with Crippen LogP contribution in [-0.2, 0) is 18.9 Å². The van der Waals surface area contributed by atoms with Gasteiger partial charge in [-0.05, 0) is 31.5 Å². The number of allylic oxidation sites excluding steroid dienone is 2. The Bertz CT molecular complexity index is 1230. The number of nitrogens with zero attached hydrogens (tertiary/aromatic N) is 5. The summed E-state index contributed by atoms with van der Waals surface area (Å²) >= 11 is 0. The molecule has 5 rings (SSSR count). The highest BCUT2D eigenvalue weighted by Crippen LogP contribution is 2.46. The zero-order valence-electron chi connectivity index (χ0n) is 21.0. The summed E-state index contributed by atoms with van der Waals surface area (Å²) in [4.78, 5) is 26.8. The zero-order valence-corrected chi connectivity index (χ0v) is 21.0. The van der Waals surface area contributed by atoms with Crippen molar-refractivity contribution in [2.75, 3.05) is 74.3 Å². The molecule has 3 aliphatic rings. The Labute approximate surface area is 215 Å². The Balaban J connectivity index is 1.69. The van der Waals surface area contributed by atoms with Crippen LogP contribution in [-0.4, -0.2) is 75.3 Å². The van der Waals surface area contributed by atoms with Crippen molar-refractivity contribution < 1.29 is 23.7 Å². The van der Waals surface area contributed by atoms with Gasteiger partial charge in [-0.3, -0.25) is 0 Å². The number of hydrogen-bond donors (Lipinski definition) is 1. The van der Waals surface area contributed by atoms with Crippen molar-refractivity contribution in [3.05, 3.63) is 52.4 Å². The van der Waals surface area contributed by atoms with Gasteiger partial charge in [0.05, 0.1) is 61.8 Å². The van der Waals surface area contributed by atoms with Crippen LogP contribution in [0.25, 0.3) is 0 Å². The molecule has 11 nitrogen and oxygen atoms in total. The highest BCUT2D eigenvalue weighted by molar-refractivity contribution is 5.73. The minimum absolute atomic E-state index is 0.189. The van der Waals surface area contributed by atoms with Gasteiger partial charge in [-0.25, -0.2) is 4.79 Å². The second-order valence-electron chi connectivity index (χ2n) is 8.88. The molecule has 4 heterocycles. The largest absolute Gasteiger partial charge is 0.513 e. The van der Waals surface area contributed by atoms with Crippen molar-refractivity contribution in [3.8, 4) is 6.07 Å². The second kappa shape index (κ2) is 11.0. The van der Waals surface area contributed by atoms with Crippen molar-refractivity contribution in [2.24, 2.45) is 0 Å². The Morgan fingerprint density at radius 1 is 1.14 bits per heavy atom. The van der Waals surface area contributed by atoms with Gasteiger partial charge in [0, 0.05) is 26.2 Å². The molecule has 2 saturated heterocycles. The van der Waals surface area contributed by atoms with E-state index >= 15 is 0 Å². The van der Waals surface area contributed by atoms with Gasteiger partial charge in [0.15, 0.2) is 0 Å². The summed E-state index contributed by atoms with van der Waals surface area (Å²) in [5.74, 6) is 1.85. The first-order chi connectivity index (χ1) is 18.1. The molecule has 0 bridgehead atoms. The number of rotatable bonds is 5. The second-order valence-corrected chi connectivity index (χ2v) is 8.88. The number of nitrogens with one attached hydrogen (secondary N) is 1. The van der Waals surface area contributed by atoms with Gasteiger partial charge in [-0.2, -0.15) is 15.2 Å². The average molecular weight is 507 g/mol. The van der Waals surface area contributed by atoms with Crippen LogP contribution in [0.1, 0.15) is 36.5 Å². The maximum absolute atomic E-state index is 12.5. The molecule has 1 N–H and O–H groups in total. The fourth-order valence-corrected chi connectivity index (χ4v) is 4.79. The van der Waals surface area contributed by atoms with Crippen LogP contribution in [0.5, 0.6) is 0 Å². The van der Waals surface area contributed by atoms with E-state index in [0.717, 1.165) is 16.9 Å². The van der Waals surface area contributed by atoms with Crippen molar-refractivity contribution in [3.63, 3.8) is 0 Å². The number of nitriles is 1. The maximum atomic E-state index is 12.5. The normalized spacial score (nSPS) is 19.5. The van der Waals surface area contributed by atoms with Gasteiger partial charge in [0.25, 0.3) is 0 Å². The molecule has 194 valence electrons. The molecule has 0 aliphatic carbocycles. The summed E-state index contributed by atoms with van der Waals surface area (Å²) in [6, 6.07) is 9.50. The molecule has 1 aromatic heterocycles. The van der Waals surface area contributed by atoms with Crippen molar-refractivity contribution in [1.29, 1.82) is 5.26 Å². The lowest BCUT2D eigenvalue weighted by atomic mass is 9.86. The molecule has 0 amide bonds. The summed E-state index contributed by atoms with van der Waals surface area (Å²) in [6.07, 6.45) is -0.790. The third kappa shape index (κ3) is 5.16. The number of carbonyl (C=O) groups excluding carboxylic acids is 1. The molecule has 37 heavy (non-hydrogen) atoms. The molecule has 0 saturated carbocycles. The summed E-state index contributed by atoms with van der Waals surface area (Å²) in [5, 5.41) is 12.9. The number of morpholine rings is 2. The van der Waals surface area contributed by atoms with E-state index in [2.05, 4.69) is 21.2 Å². The lowest BCUT2D eigenvalue weighted by molar-refractivity contribution is 0.0777. The summed E-state index contributed by atoms with van der Waals surface area (Å²) in [5.41, 5.74) is 2.70. The predicted octanol–water partition coefficient (Wildman–Crippen LogP) is 2.98. The molecule has 1 aromatic carbocycles. The predicted molar refractivity (Wildman–Crippen MR) is 136 cm³/mol. The molecule has 2 fully saturated rings. The van der Waals surface area contributed by atoms with Crippen LogP contribution in [0.4, 0.5) is 22.4 Å². The zero-order chi connectivity index (χ0) is 25.8. The third-order valence-electron chi connectivity index (χ3n) is 6.55. The summed E-state index contributed by atoms with van der Waals surface area (Å²) < 4.78 is 22.0. The van der Waals surface area contributed by atoms with Crippen molar-refractivity contribution in [1.82, 2.24) is 9.97 Å². The highest BCUT2D eigenvalue weighted by Gasteiger charge is 2.38. The van der Waals surface area contributed by atoms with Crippen molar-refractivity contribution in [2.45, 2.75) is 19.8 Å². The van der Waals surface area contributed by atoms with Gasteiger partial charge in [-0.15, -0.1) is 0 Å². The van der Waals surface area contributed by atoms with Gasteiger partial charge in [-0.1, -0.05) is 12.1 Å². The highest BCUT2D eigenvalue weighted by atomic mass is 16.7. The monoisotopic (exact) mass is 506 g/mol. The Morgan fingerprint density at radius 3 is 2.51 bits per heavy atom. The number of carbonyl (C=O) groups is 1. The van der Waals surface area contributed by atoms with Crippen LogP contribution >= 0.6 is 0 Å². The van der Waals surface area contributed by atoms with Crippen LogP contribution in [0.2, 0.25) is 0 Å². The molecule has 3 aliphatic heterocycles. The van der Waals surface area contributed by atoms with E-state index in [1.165, 1.54) is 0 Å². The fraction of sp³-hybridized carbons (Fsp3) is 0.462. The number of ether oxygens (including phenoxy) is 4. The molecular formula is C26H30N6O5. The number of fused-ring (bicyclic) bond motifs is 1. The van der Waals surface area contributed by atoms with Gasteiger partial charge < -0.3 is 34.1 Å². The topological polar surface area (TPSA) is 122 Å². The first-order valence-electron chi connectivity index (χ1n) is 12.5. The van der Waals surface area contributed by atoms with Crippen LogP contribution in [0.15, 0.2) is 35.7 Å². The number of hydrogen-bond acceptors (Lipinski definition) is 11. The number of aromatic nitrogens is 2. The van der Waals surface area contributed by atoms with Crippen LogP contribution < -0.4 is 15.1 Å².